The number of para-hydroxylation sites is 1. The summed E-state index contributed by atoms with van der Waals surface area (Å²) < 4.78 is 0. The van der Waals surface area contributed by atoms with Gasteiger partial charge in [0, 0.05) is 0 Å². The van der Waals surface area contributed by atoms with Crippen LogP contribution in [0.1, 0.15) is 11.6 Å². The fourth-order valence-electron chi connectivity index (χ4n) is 1.99. The first kappa shape index (κ1) is 13.8. The maximum atomic E-state index is 11.1. The zero-order valence-electron chi connectivity index (χ0n) is 10.7. The van der Waals surface area contributed by atoms with Crippen molar-refractivity contribution in [3.63, 3.8) is 0 Å². The summed E-state index contributed by atoms with van der Waals surface area (Å²) in [6.07, 6.45) is 0. The van der Waals surface area contributed by atoms with Crippen molar-refractivity contribution in [2.24, 2.45) is 0 Å². The molecule has 1 atom stereocenters. The maximum absolute atomic E-state index is 11.1. The van der Waals surface area contributed by atoms with Crippen molar-refractivity contribution in [3.05, 3.63) is 64.2 Å². The topological polar surface area (TPSA) is 101 Å². The largest absolute Gasteiger partial charge is 0.394 e. The molecule has 0 aliphatic rings. The summed E-state index contributed by atoms with van der Waals surface area (Å²) >= 11 is 0. The van der Waals surface area contributed by atoms with Gasteiger partial charge in [0.15, 0.2) is 0 Å². The molecule has 6 nitrogen and oxygen atoms in total. The van der Waals surface area contributed by atoms with Gasteiger partial charge in [0.25, 0.3) is 0 Å². The normalized spacial score (nSPS) is 11.8. The van der Waals surface area contributed by atoms with Crippen LogP contribution in [0, 0.1) is 10.1 Å². The van der Waals surface area contributed by atoms with Crippen LogP contribution in [0.5, 0.6) is 0 Å². The summed E-state index contributed by atoms with van der Waals surface area (Å²) in [5.74, 6) is 0. The molecule has 2 aromatic carbocycles. The van der Waals surface area contributed by atoms with E-state index in [4.69, 9.17) is 5.73 Å². The Bertz CT molecular complexity index is 602. The lowest BCUT2D eigenvalue weighted by Crippen LogP contribution is -2.16. The number of nitro benzene ring substituents is 1. The molecular weight excluding hydrogens is 258 g/mol. The van der Waals surface area contributed by atoms with E-state index in [2.05, 4.69) is 5.32 Å². The van der Waals surface area contributed by atoms with Gasteiger partial charge in [-0.25, -0.2) is 0 Å². The lowest BCUT2D eigenvalue weighted by atomic mass is 10.1. The van der Waals surface area contributed by atoms with Gasteiger partial charge >= 0.3 is 5.69 Å². The van der Waals surface area contributed by atoms with Crippen LogP contribution in [-0.2, 0) is 0 Å². The van der Waals surface area contributed by atoms with Gasteiger partial charge in [-0.05, 0) is 17.7 Å². The van der Waals surface area contributed by atoms with Crippen molar-refractivity contribution in [3.8, 4) is 0 Å². The summed E-state index contributed by atoms with van der Waals surface area (Å²) in [5.41, 5.74) is 6.67. The van der Waals surface area contributed by atoms with Gasteiger partial charge < -0.3 is 16.2 Å². The minimum Gasteiger partial charge on any atom is -0.394 e. The van der Waals surface area contributed by atoms with Crippen LogP contribution >= 0.6 is 0 Å². The summed E-state index contributed by atoms with van der Waals surface area (Å²) in [5, 5.41) is 23.5. The van der Waals surface area contributed by atoms with E-state index in [0.29, 0.717) is 0 Å². The molecule has 0 heterocycles. The summed E-state index contributed by atoms with van der Waals surface area (Å²) in [6.45, 7) is -0.185. The zero-order chi connectivity index (χ0) is 14.5. The monoisotopic (exact) mass is 273 g/mol. The standard InChI is InChI=1S/C14H15N3O3/c15-11-7-4-8-12(14(11)17(19)20)16-13(9-18)10-5-2-1-3-6-10/h1-8,13,16,18H,9,15H2. The molecule has 0 spiro atoms. The molecule has 104 valence electrons. The van der Waals surface area contributed by atoms with E-state index in [9.17, 15) is 15.2 Å². The maximum Gasteiger partial charge on any atom is 0.314 e. The molecule has 0 radical (unpaired) electrons. The summed E-state index contributed by atoms with van der Waals surface area (Å²) in [4.78, 5) is 10.5. The number of hydrogen-bond donors (Lipinski definition) is 3. The third kappa shape index (κ3) is 2.86. The van der Waals surface area contributed by atoms with Crippen LogP contribution in [0.15, 0.2) is 48.5 Å². The minimum absolute atomic E-state index is 0.0877. The van der Waals surface area contributed by atoms with E-state index < -0.39 is 11.0 Å². The molecule has 0 aliphatic heterocycles. The number of rotatable bonds is 5. The van der Waals surface area contributed by atoms with Crippen LogP contribution in [0.25, 0.3) is 0 Å². The first-order chi connectivity index (χ1) is 9.63. The second-order valence-corrected chi connectivity index (χ2v) is 4.29. The molecule has 1 unspecified atom stereocenters. The first-order valence-corrected chi connectivity index (χ1v) is 6.08. The lowest BCUT2D eigenvalue weighted by molar-refractivity contribution is -0.383. The van der Waals surface area contributed by atoms with E-state index >= 15 is 0 Å². The summed E-state index contributed by atoms with van der Waals surface area (Å²) in [7, 11) is 0. The molecule has 4 N–H and O–H groups in total. The Labute approximate surface area is 116 Å². The highest BCUT2D eigenvalue weighted by Crippen LogP contribution is 2.32. The zero-order valence-corrected chi connectivity index (χ0v) is 10.7. The number of nitrogens with zero attached hydrogens (tertiary/aromatic N) is 1. The Morgan fingerprint density at radius 2 is 1.90 bits per heavy atom. The predicted octanol–water partition coefficient (Wildman–Crippen LogP) is 2.32. The average molecular weight is 273 g/mol. The predicted molar refractivity (Wildman–Crippen MR) is 77.4 cm³/mol. The van der Waals surface area contributed by atoms with Crippen molar-refractivity contribution >= 4 is 17.1 Å². The van der Waals surface area contributed by atoms with Crippen molar-refractivity contribution < 1.29 is 10.0 Å². The highest BCUT2D eigenvalue weighted by molar-refractivity contribution is 5.74. The fourth-order valence-corrected chi connectivity index (χ4v) is 1.99. The Kier molecular flexibility index (Phi) is 4.17. The SMILES string of the molecule is Nc1cccc(NC(CO)c2ccccc2)c1[N+](=O)[O-]. The number of hydrogen-bond acceptors (Lipinski definition) is 5. The van der Waals surface area contributed by atoms with Crippen molar-refractivity contribution in [1.29, 1.82) is 0 Å². The first-order valence-electron chi connectivity index (χ1n) is 6.08. The Morgan fingerprint density at radius 1 is 1.20 bits per heavy atom. The van der Waals surface area contributed by atoms with Crippen LogP contribution < -0.4 is 11.1 Å². The Hall–Kier alpha value is -2.60. The number of nitro groups is 1. The van der Waals surface area contributed by atoms with Gasteiger partial charge in [-0.3, -0.25) is 10.1 Å². The molecule has 2 rings (SSSR count). The molecule has 0 fully saturated rings. The minimum atomic E-state index is -0.531. The van der Waals surface area contributed by atoms with Crippen molar-refractivity contribution in [2.45, 2.75) is 6.04 Å². The molecule has 0 aromatic heterocycles. The van der Waals surface area contributed by atoms with Crippen molar-refractivity contribution in [1.82, 2.24) is 0 Å². The van der Waals surface area contributed by atoms with E-state index in [1.807, 2.05) is 30.3 Å². The molecule has 2 aromatic rings. The smallest absolute Gasteiger partial charge is 0.314 e. The van der Waals surface area contributed by atoms with Crippen LogP contribution in [0.4, 0.5) is 17.1 Å². The van der Waals surface area contributed by atoms with E-state index in [-0.39, 0.29) is 23.7 Å². The second-order valence-electron chi connectivity index (χ2n) is 4.29. The van der Waals surface area contributed by atoms with Crippen LogP contribution in [0.3, 0.4) is 0 Å². The molecular formula is C14H15N3O3. The average Bonchev–Trinajstić information content (AvgIpc) is 2.45. The summed E-state index contributed by atoms with van der Waals surface area (Å²) in [6, 6.07) is 13.5. The number of nitrogens with two attached hydrogens (primary N) is 1. The number of nitrogen functional groups attached to an aromatic ring is 1. The third-order valence-electron chi connectivity index (χ3n) is 2.96. The molecule has 0 amide bonds. The number of anilines is 2. The van der Waals surface area contributed by atoms with Gasteiger partial charge in [0.2, 0.25) is 0 Å². The number of aliphatic hydroxyl groups excluding tert-OH is 1. The molecule has 0 aliphatic carbocycles. The molecule has 20 heavy (non-hydrogen) atoms. The molecule has 0 saturated carbocycles. The van der Waals surface area contributed by atoms with Gasteiger partial charge in [-0.15, -0.1) is 0 Å². The van der Waals surface area contributed by atoms with E-state index in [1.54, 1.807) is 12.1 Å². The lowest BCUT2D eigenvalue weighted by Gasteiger charge is -2.18. The quantitative estimate of drug-likeness (QED) is 0.441. The molecule has 0 bridgehead atoms. The van der Waals surface area contributed by atoms with Gasteiger partial charge in [0.1, 0.15) is 11.4 Å². The van der Waals surface area contributed by atoms with Crippen molar-refractivity contribution in [2.75, 3.05) is 17.7 Å². The van der Waals surface area contributed by atoms with Gasteiger partial charge in [-0.2, -0.15) is 0 Å². The van der Waals surface area contributed by atoms with Crippen LogP contribution in [0.2, 0.25) is 0 Å². The van der Waals surface area contributed by atoms with E-state index in [0.717, 1.165) is 5.56 Å². The number of aliphatic hydroxyl groups is 1. The van der Waals surface area contributed by atoms with E-state index in [1.165, 1.54) is 6.07 Å². The van der Waals surface area contributed by atoms with Crippen LogP contribution in [-0.4, -0.2) is 16.6 Å². The molecule has 6 heteroatoms. The number of nitrogens with one attached hydrogen (secondary N) is 1. The molecule has 0 saturated heterocycles. The fraction of sp³-hybridized carbons (Fsp3) is 0.143. The second kappa shape index (κ2) is 6.03. The highest BCUT2D eigenvalue weighted by Gasteiger charge is 2.20. The third-order valence-corrected chi connectivity index (χ3v) is 2.96. The Morgan fingerprint density at radius 3 is 2.50 bits per heavy atom. The number of benzene rings is 2. The van der Waals surface area contributed by atoms with Gasteiger partial charge in [-0.1, -0.05) is 36.4 Å². The Balaban J connectivity index is 2.33. The highest BCUT2D eigenvalue weighted by atomic mass is 16.6. The van der Waals surface area contributed by atoms with Gasteiger partial charge in [0.05, 0.1) is 17.6 Å².